The third-order valence-corrected chi connectivity index (χ3v) is 5.64. The Hall–Kier alpha value is -2.53. The molecule has 2 aromatic carbocycles. The third-order valence-electron chi connectivity index (χ3n) is 5.23. The molecule has 2 heterocycles. The monoisotopic (exact) mass is 369 g/mol. The van der Waals surface area contributed by atoms with Crippen molar-refractivity contribution < 1.29 is 9.59 Å². The third kappa shape index (κ3) is 2.72. The van der Waals surface area contributed by atoms with Crippen LogP contribution in [0, 0.1) is 6.92 Å². The van der Waals surface area contributed by atoms with Gasteiger partial charge in [0.15, 0.2) is 0 Å². The lowest BCUT2D eigenvalue weighted by Gasteiger charge is -2.40. The minimum atomic E-state index is -0.220. The fourth-order valence-corrected chi connectivity index (χ4v) is 3.90. The smallest absolute Gasteiger partial charge is 0.257 e. The van der Waals surface area contributed by atoms with E-state index in [1.807, 2.05) is 31.0 Å². The van der Waals surface area contributed by atoms with Crippen LogP contribution in [0.1, 0.15) is 39.1 Å². The summed E-state index contributed by atoms with van der Waals surface area (Å²) in [7, 11) is 1.98. The maximum atomic E-state index is 12.7. The van der Waals surface area contributed by atoms with Gasteiger partial charge in [0.05, 0.1) is 11.3 Å². The zero-order valence-corrected chi connectivity index (χ0v) is 15.5. The molecule has 1 atom stereocenters. The van der Waals surface area contributed by atoms with Gasteiger partial charge in [0.2, 0.25) is 0 Å². The van der Waals surface area contributed by atoms with Gasteiger partial charge in [0.1, 0.15) is 6.17 Å². The number of benzene rings is 2. The topological polar surface area (TPSA) is 52.7 Å². The number of carbonyl (C=O) groups is 2. The molecule has 0 aromatic heterocycles. The Morgan fingerprint density at radius 1 is 1.23 bits per heavy atom. The number of hydrogen-bond donors (Lipinski definition) is 1. The first kappa shape index (κ1) is 16.9. The molecule has 6 heteroatoms. The number of anilines is 2. The molecule has 1 N–H and O–H groups in total. The molecule has 2 amide bonds. The van der Waals surface area contributed by atoms with Gasteiger partial charge < -0.3 is 15.1 Å². The summed E-state index contributed by atoms with van der Waals surface area (Å²) in [6, 6.07) is 10.7. The molecule has 4 rings (SSSR count). The molecule has 0 radical (unpaired) electrons. The summed E-state index contributed by atoms with van der Waals surface area (Å²) in [6.45, 7) is 2.71. The van der Waals surface area contributed by atoms with Crippen LogP contribution in [-0.2, 0) is 0 Å². The minimum absolute atomic E-state index is 0.0536. The maximum absolute atomic E-state index is 12.7. The second-order valence-electron chi connectivity index (χ2n) is 6.88. The lowest BCUT2D eigenvalue weighted by molar-refractivity contribution is 0.0719. The molecule has 2 aromatic rings. The van der Waals surface area contributed by atoms with Crippen LogP contribution in [0.25, 0.3) is 0 Å². The van der Waals surface area contributed by atoms with Crippen molar-refractivity contribution in [3.63, 3.8) is 0 Å². The Morgan fingerprint density at radius 2 is 2.04 bits per heavy atom. The average molecular weight is 370 g/mol. The summed E-state index contributed by atoms with van der Waals surface area (Å²) < 4.78 is 0. The van der Waals surface area contributed by atoms with E-state index in [-0.39, 0.29) is 18.0 Å². The molecule has 0 unspecified atom stereocenters. The van der Waals surface area contributed by atoms with Crippen molar-refractivity contribution in [2.45, 2.75) is 25.9 Å². The predicted molar refractivity (Wildman–Crippen MR) is 103 cm³/mol. The van der Waals surface area contributed by atoms with E-state index in [0.717, 1.165) is 30.6 Å². The number of rotatable bonds is 2. The van der Waals surface area contributed by atoms with Crippen LogP contribution in [-0.4, -0.2) is 36.5 Å². The van der Waals surface area contributed by atoms with Crippen LogP contribution in [0.3, 0.4) is 0 Å². The molecular formula is C20H20ClN3O2. The van der Waals surface area contributed by atoms with Crippen LogP contribution in [0.2, 0.25) is 5.02 Å². The molecular weight excluding hydrogens is 350 g/mol. The summed E-state index contributed by atoms with van der Waals surface area (Å²) in [5.74, 6) is -0.166. The number of fused-ring (bicyclic) bond motifs is 2. The van der Waals surface area contributed by atoms with Gasteiger partial charge in [-0.15, -0.1) is 0 Å². The Morgan fingerprint density at radius 3 is 2.81 bits per heavy atom. The second kappa shape index (κ2) is 6.32. The van der Waals surface area contributed by atoms with E-state index >= 15 is 0 Å². The van der Waals surface area contributed by atoms with Gasteiger partial charge in [-0.2, -0.15) is 0 Å². The summed E-state index contributed by atoms with van der Waals surface area (Å²) in [5.41, 5.74) is 3.59. The zero-order chi connectivity index (χ0) is 18.4. The van der Waals surface area contributed by atoms with E-state index < -0.39 is 0 Å². The summed E-state index contributed by atoms with van der Waals surface area (Å²) in [6.07, 6.45) is 2.06. The first-order chi connectivity index (χ1) is 12.5. The highest BCUT2D eigenvalue weighted by Crippen LogP contribution is 2.35. The Balaban J connectivity index is 1.62. The van der Waals surface area contributed by atoms with Crippen molar-refractivity contribution in [3.8, 4) is 0 Å². The summed E-state index contributed by atoms with van der Waals surface area (Å²) in [5, 5.41) is 3.48. The first-order valence-corrected chi connectivity index (χ1v) is 9.09. The second-order valence-corrected chi connectivity index (χ2v) is 7.29. The lowest BCUT2D eigenvalue weighted by Crippen LogP contribution is -2.50. The van der Waals surface area contributed by atoms with Crippen molar-refractivity contribution in [1.82, 2.24) is 4.90 Å². The fourth-order valence-electron chi connectivity index (χ4n) is 3.72. The molecule has 2 aliphatic heterocycles. The summed E-state index contributed by atoms with van der Waals surface area (Å²) in [4.78, 5) is 29.3. The van der Waals surface area contributed by atoms with Crippen LogP contribution < -0.4 is 10.2 Å². The molecule has 1 saturated heterocycles. The first-order valence-electron chi connectivity index (χ1n) is 8.71. The Bertz CT molecular complexity index is 912. The zero-order valence-electron chi connectivity index (χ0n) is 14.8. The summed E-state index contributed by atoms with van der Waals surface area (Å²) >= 11 is 6.12. The molecule has 0 aliphatic carbocycles. The number of carbonyl (C=O) groups excluding carboxylic acids is 2. The molecule has 0 spiro atoms. The van der Waals surface area contributed by atoms with Crippen molar-refractivity contribution in [2.24, 2.45) is 0 Å². The molecule has 0 bridgehead atoms. The van der Waals surface area contributed by atoms with Crippen molar-refractivity contribution in [3.05, 3.63) is 58.1 Å². The molecule has 134 valence electrons. The van der Waals surface area contributed by atoms with Gasteiger partial charge >= 0.3 is 0 Å². The normalized spacial score (nSPS) is 18.6. The number of amides is 2. The molecule has 2 aliphatic rings. The lowest BCUT2D eigenvalue weighted by atomic mass is 10.0. The number of nitrogens with one attached hydrogen (secondary N) is 1. The van der Waals surface area contributed by atoms with Crippen molar-refractivity contribution in [1.29, 1.82) is 0 Å². The van der Waals surface area contributed by atoms with Crippen molar-refractivity contribution in [2.75, 3.05) is 23.8 Å². The Labute approximate surface area is 157 Å². The van der Waals surface area contributed by atoms with Crippen LogP contribution >= 0.6 is 11.6 Å². The van der Waals surface area contributed by atoms with Gasteiger partial charge in [-0.3, -0.25) is 9.59 Å². The van der Waals surface area contributed by atoms with Crippen LogP contribution in [0.4, 0.5) is 11.4 Å². The standard InChI is InChI=1S/C20H20ClN3O2/c1-12-5-7-14(11-16(12)21)22-19(25)13-6-8-15-17(10-13)23(2)18-4-3-9-24(18)20(15)26/h5-8,10-11,18H,3-4,9H2,1-2H3,(H,22,25)/t18-/m0/s1. The number of nitrogens with zero attached hydrogens (tertiary/aromatic N) is 2. The van der Waals surface area contributed by atoms with Gasteiger partial charge in [0.25, 0.3) is 11.8 Å². The molecule has 1 fully saturated rings. The molecule has 0 saturated carbocycles. The van der Waals surface area contributed by atoms with Gasteiger partial charge in [-0.05, 0) is 55.7 Å². The van der Waals surface area contributed by atoms with E-state index in [0.29, 0.717) is 21.8 Å². The quantitative estimate of drug-likeness (QED) is 0.873. The Kier molecular flexibility index (Phi) is 4.11. The van der Waals surface area contributed by atoms with Gasteiger partial charge in [-0.25, -0.2) is 0 Å². The maximum Gasteiger partial charge on any atom is 0.257 e. The molecule has 26 heavy (non-hydrogen) atoms. The van der Waals surface area contributed by atoms with E-state index in [9.17, 15) is 9.59 Å². The number of aryl methyl sites for hydroxylation is 1. The number of hydrogen-bond acceptors (Lipinski definition) is 3. The SMILES string of the molecule is Cc1ccc(NC(=O)c2ccc3c(c2)N(C)[C@@H]2CCCN2C3=O)cc1Cl. The van der Waals surface area contributed by atoms with E-state index in [1.165, 1.54) is 0 Å². The van der Waals surface area contributed by atoms with Gasteiger partial charge in [-0.1, -0.05) is 17.7 Å². The van der Waals surface area contributed by atoms with E-state index in [1.54, 1.807) is 24.3 Å². The highest BCUT2D eigenvalue weighted by atomic mass is 35.5. The average Bonchev–Trinajstić information content (AvgIpc) is 3.12. The number of halogens is 1. The van der Waals surface area contributed by atoms with Crippen molar-refractivity contribution >= 4 is 34.8 Å². The highest BCUT2D eigenvalue weighted by molar-refractivity contribution is 6.31. The fraction of sp³-hybridized carbons (Fsp3) is 0.300. The highest BCUT2D eigenvalue weighted by Gasteiger charge is 2.38. The van der Waals surface area contributed by atoms with Crippen LogP contribution in [0.5, 0.6) is 0 Å². The van der Waals surface area contributed by atoms with E-state index in [4.69, 9.17) is 11.6 Å². The minimum Gasteiger partial charge on any atom is -0.354 e. The predicted octanol–water partition coefficient (Wildman–Crippen LogP) is 3.91. The molecule has 5 nitrogen and oxygen atoms in total. The largest absolute Gasteiger partial charge is 0.354 e. The van der Waals surface area contributed by atoms with Crippen LogP contribution in [0.15, 0.2) is 36.4 Å². The van der Waals surface area contributed by atoms with Gasteiger partial charge in [0, 0.05) is 29.9 Å². The van der Waals surface area contributed by atoms with E-state index in [2.05, 4.69) is 10.2 Å².